The second kappa shape index (κ2) is 4.38. The van der Waals surface area contributed by atoms with Gasteiger partial charge in [0, 0.05) is 13.1 Å². The largest absolute Gasteiger partial charge is 0.348 e. The van der Waals surface area contributed by atoms with Gasteiger partial charge in [-0.2, -0.15) is 5.26 Å². The Kier molecular flexibility index (Phi) is 3.13. The van der Waals surface area contributed by atoms with Crippen LogP contribution in [-0.2, 0) is 0 Å². The molecule has 2 heterocycles. The first-order chi connectivity index (χ1) is 7.24. The Balaban J connectivity index is 2.14. The van der Waals surface area contributed by atoms with Gasteiger partial charge >= 0.3 is 0 Å². The molecule has 0 spiro atoms. The molecule has 80 valence electrons. The molecule has 0 saturated carbocycles. The van der Waals surface area contributed by atoms with E-state index in [1.807, 2.05) is 0 Å². The van der Waals surface area contributed by atoms with Crippen LogP contribution in [-0.4, -0.2) is 18.1 Å². The predicted molar refractivity (Wildman–Crippen MR) is 62.5 cm³/mol. The van der Waals surface area contributed by atoms with Crippen LogP contribution in [0.2, 0.25) is 5.15 Å². The Hall–Kier alpha value is -0.790. The number of hydrogen-bond acceptors (Lipinski definition) is 4. The lowest BCUT2D eigenvalue weighted by molar-refractivity contribution is 0.569. The van der Waals surface area contributed by atoms with Crippen LogP contribution in [0.1, 0.15) is 24.6 Å². The zero-order chi connectivity index (χ0) is 10.8. The molecule has 1 fully saturated rings. The van der Waals surface area contributed by atoms with E-state index in [1.54, 1.807) is 0 Å². The van der Waals surface area contributed by atoms with Gasteiger partial charge in [-0.05, 0) is 12.3 Å². The second-order valence-electron chi connectivity index (χ2n) is 3.74. The van der Waals surface area contributed by atoms with Crippen molar-refractivity contribution in [3.8, 4) is 6.07 Å². The molecule has 0 amide bonds. The number of thiazole rings is 1. The molecule has 15 heavy (non-hydrogen) atoms. The maximum Gasteiger partial charge on any atom is 0.188 e. The Bertz CT molecular complexity index is 396. The normalized spacial score (nSPS) is 20.6. The van der Waals surface area contributed by atoms with Crippen molar-refractivity contribution in [1.29, 1.82) is 5.26 Å². The molecule has 2 rings (SSSR count). The van der Waals surface area contributed by atoms with E-state index in [9.17, 15) is 0 Å². The van der Waals surface area contributed by atoms with Gasteiger partial charge in [0.15, 0.2) is 10.3 Å². The van der Waals surface area contributed by atoms with Gasteiger partial charge in [-0.25, -0.2) is 4.98 Å². The number of aromatic nitrogens is 1. The third-order valence-electron chi connectivity index (χ3n) is 2.81. The Morgan fingerprint density at radius 3 is 3.07 bits per heavy atom. The van der Waals surface area contributed by atoms with Crippen LogP contribution >= 0.6 is 22.9 Å². The minimum Gasteiger partial charge on any atom is -0.348 e. The monoisotopic (exact) mass is 241 g/mol. The molecule has 0 aliphatic carbocycles. The molecule has 1 aliphatic rings. The molecule has 5 heteroatoms. The van der Waals surface area contributed by atoms with Crippen LogP contribution < -0.4 is 4.90 Å². The predicted octanol–water partition coefficient (Wildman–Crippen LogP) is 2.90. The first-order valence-corrected chi connectivity index (χ1v) is 6.25. The molecule has 0 aromatic carbocycles. The zero-order valence-electron chi connectivity index (χ0n) is 8.53. The lowest BCUT2D eigenvalue weighted by atomic mass is 10.1. The van der Waals surface area contributed by atoms with Gasteiger partial charge in [-0.15, -0.1) is 0 Å². The van der Waals surface area contributed by atoms with Crippen molar-refractivity contribution in [3.63, 3.8) is 0 Å². The summed E-state index contributed by atoms with van der Waals surface area (Å²) in [5, 5.41) is 10.0. The highest BCUT2D eigenvalue weighted by Gasteiger charge is 2.24. The van der Waals surface area contributed by atoms with E-state index < -0.39 is 0 Å². The fraction of sp³-hybridized carbons (Fsp3) is 0.600. The molecule has 1 aromatic heterocycles. The van der Waals surface area contributed by atoms with Crippen LogP contribution in [0, 0.1) is 17.2 Å². The highest BCUT2D eigenvalue weighted by Crippen LogP contribution is 2.32. The quantitative estimate of drug-likeness (QED) is 0.799. The average Bonchev–Trinajstić information content (AvgIpc) is 2.83. The Morgan fingerprint density at radius 2 is 2.53 bits per heavy atom. The summed E-state index contributed by atoms with van der Waals surface area (Å²) in [7, 11) is 0. The fourth-order valence-corrected chi connectivity index (χ4v) is 2.91. The van der Waals surface area contributed by atoms with Crippen molar-refractivity contribution >= 4 is 28.1 Å². The maximum absolute atomic E-state index is 8.79. The molecule has 0 N–H and O–H groups in total. The first kappa shape index (κ1) is 10.7. The summed E-state index contributed by atoms with van der Waals surface area (Å²) in [6.07, 6.45) is 2.43. The first-order valence-electron chi connectivity index (χ1n) is 5.06. The van der Waals surface area contributed by atoms with Crippen LogP contribution in [0.15, 0.2) is 0 Å². The summed E-state index contributed by atoms with van der Waals surface area (Å²) in [4.78, 5) is 6.97. The zero-order valence-corrected chi connectivity index (χ0v) is 10.1. The van der Waals surface area contributed by atoms with Gasteiger partial charge in [-0.1, -0.05) is 36.3 Å². The summed E-state index contributed by atoms with van der Waals surface area (Å²) >= 11 is 7.23. The molecule has 3 nitrogen and oxygen atoms in total. The van der Waals surface area contributed by atoms with Gasteiger partial charge in [0.1, 0.15) is 10.9 Å². The number of nitriles is 1. The van der Waals surface area contributed by atoms with Crippen molar-refractivity contribution in [1.82, 2.24) is 4.98 Å². The Morgan fingerprint density at radius 1 is 1.73 bits per heavy atom. The standard InChI is InChI=1S/C10H12ClN3S/c1-2-7-3-4-14(6-7)10-13-9(11)8(5-12)15-10/h7H,2-4,6H2,1H3. The van der Waals surface area contributed by atoms with Gasteiger partial charge in [0.05, 0.1) is 0 Å². The summed E-state index contributed by atoms with van der Waals surface area (Å²) < 4.78 is 0. The van der Waals surface area contributed by atoms with Crippen molar-refractivity contribution in [2.24, 2.45) is 5.92 Å². The second-order valence-corrected chi connectivity index (χ2v) is 5.07. The lowest BCUT2D eigenvalue weighted by Crippen LogP contribution is -2.19. The molecule has 1 aromatic rings. The minimum atomic E-state index is 0.345. The van der Waals surface area contributed by atoms with E-state index in [1.165, 1.54) is 24.2 Å². The smallest absolute Gasteiger partial charge is 0.188 e. The van der Waals surface area contributed by atoms with Crippen molar-refractivity contribution < 1.29 is 0 Å². The molecule has 1 unspecified atom stereocenters. The van der Waals surface area contributed by atoms with E-state index in [0.717, 1.165) is 24.1 Å². The SMILES string of the molecule is CCC1CCN(c2nc(Cl)c(C#N)s2)C1. The van der Waals surface area contributed by atoms with Gasteiger partial charge in [0.2, 0.25) is 0 Å². The summed E-state index contributed by atoms with van der Waals surface area (Å²) in [6, 6.07) is 2.06. The Labute approximate surface area is 98.3 Å². The highest BCUT2D eigenvalue weighted by molar-refractivity contribution is 7.16. The summed E-state index contributed by atoms with van der Waals surface area (Å²) in [5.74, 6) is 0.762. The highest BCUT2D eigenvalue weighted by atomic mass is 35.5. The maximum atomic E-state index is 8.79. The molecule has 1 aliphatic heterocycles. The summed E-state index contributed by atoms with van der Waals surface area (Å²) in [5.41, 5.74) is 0. The molecule has 1 atom stereocenters. The number of nitrogens with zero attached hydrogens (tertiary/aromatic N) is 3. The summed E-state index contributed by atoms with van der Waals surface area (Å²) in [6.45, 7) is 4.29. The molecule has 1 saturated heterocycles. The van der Waals surface area contributed by atoms with E-state index >= 15 is 0 Å². The molecule has 0 bridgehead atoms. The van der Waals surface area contributed by atoms with Crippen LogP contribution in [0.25, 0.3) is 0 Å². The van der Waals surface area contributed by atoms with Gasteiger partial charge in [-0.3, -0.25) is 0 Å². The van der Waals surface area contributed by atoms with E-state index in [2.05, 4.69) is 22.9 Å². The van der Waals surface area contributed by atoms with Gasteiger partial charge < -0.3 is 4.90 Å². The van der Waals surface area contributed by atoms with Crippen molar-refractivity contribution in [3.05, 3.63) is 10.0 Å². The number of anilines is 1. The van der Waals surface area contributed by atoms with Crippen molar-refractivity contribution in [2.45, 2.75) is 19.8 Å². The van der Waals surface area contributed by atoms with E-state index in [0.29, 0.717) is 10.0 Å². The van der Waals surface area contributed by atoms with E-state index in [-0.39, 0.29) is 0 Å². The number of halogens is 1. The fourth-order valence-electron chi connectivity index (χ4n) is 1.83. The third kappa shape index (κ3) is 2.09. The number of hydrogen-bond donors (Lipinski definition) is 0. The minimum absolute atomic E-state index is 0.345. The van der Waals surface area contributed by atoms with Crippen LogP contribution in [0.4, 0.5) is 5.13 Å². The van der Waals surface area contributed by atoms with E-state index in [4.69, 9.17) is 16.9 Å². The average molecular weight is 242 g/mol. The van der Waals surface area contributed by atoms with Crippen molar-refractivity contribution in [2.75, 3.05) is 18.0 Å². The topological polar surface area (TPSA) is 39.9 Å². The third-order valence-corrected chi connectivity index (χ3v) is 4.22. The molecular formula is C10H12ClN3S. The van der Waals surface area contributed by atoms with Gasteiger partial charge in [0.25, 0.3) is 0 Å². The number of rotatable bonds is 2. The van der Waals surface area contributed by atoms with Crippen LogP contribution in [0.5, 0.6) is 0 Å². The molecule has 0 radical (unpaired) electrons. The van der Waals surface area contributed by atoms with Crippen LogP contribution in [0.3, 0.4) is 0 Å². The lowest BCUT2D eigenvalue weighted by Gasteiger charge is -2.13. The molecular weight excluding hydrogens is 230 g/mol.